The Morgan fingerprint density at radius 3 is 0.792 bits per heavy atom. The van der Waals surface area contributed by atoms with Gasteiger partial charge in [0.1, 0.15) is 16.6 Å². The van der Waals surface area contributed by atoms with E-state index in [1.807, 2.05) is 133 Å². The Balaban J connectivity index is 0.000000360. The molecule has 0 saturated heterocycles. The monoisotopic (exact) mass is 663 g/mol. The fourth-order valence-electron chi connectivity index (χ4n) is 5.64. The maximum absolute atomic E-state index is 11.8. The van der Waals surface area contributed by atoms with E-state index in [2.05, 4.69) is 0 Å². The SMILES string of the molecule is COC(=O)C(N)(CC(C)C)c1ccccc1.COC(=O)[C@@](N)(CC(C)C)c1ccccc1.COC(=O)[C@](N)(CC(C)C)c1ccccc1. The van der Waals surface area contributed by atoms with Crippen molar-refractivity contribution in [3.05, 3.63) is 108 Å². The summed E-state index contributed by atoms with van der Waals surface area (Å²) in [6.45, 7) is 12.2. The zero-order valence-electron chi connectivity index (χ0n) is 30.2. The third kappa shape index (κ3) is 11.9. The van der Waals surface area contributed by atoms with Gasteiger partial charge in [-0.15, -0.1) is 0 Å². The Morgan fingerprint density at radius 1 is 0.458 bits per heavy atom. The first-order chi connectivity index (χ1) is 22.5. The van der Waals surface area contributed by atoms with E-state index in [1.54, 1.807) is 0 Å². The Bertz CT molecular complexity index is 1210. The Labute approximate surface area is 287 Å². The van der Waals surface area contributed by atoms with Crippen LogP contribution in [0.2, 0.25) is 0 Å². The average Bonchev–Trinajstić information content (AvgIpc) is 3.07. The molecule has 48 heavy (non-hydrogen) atoms. The Kier molecular flexibility index (Phi) is 17.2. The van der Waals surface area contributed by atoms with E-state index < -0.39 is 16.6 Å². The van der Waals surface area contributed by atoms with Gasteiger partial charge in [0.05, 0.1) is 21.3 Å². The van der Waals surface area contributed by atoms with Crippen molar-refractivity contribution in [2.45, 2.75) is 77.4 Å². The maximum atomic E-state index is 11.8. The lowest BCUT2D eigenvalue weighted by Gasteiger charge is -2.28. The van der Waals surface area contributed by atoms with Crippen LogP contribution in [-0.2, 0) is 45.2 Å². The molecule has 0 radical (unpaired) electrons. The van der Waals surface area contributed by atoms with Crippen molar-refractivity contribution < 1.29 is 28.6 Å². The highest BCUT2D eigenvalue weighted by molar-refractivity contribution is 5.83. The number of esters is 3. The standard InChI is InChI=1S/3C13H19NO2/c3*1-10(2)9-13(14,12(15)16-3)11-7-5-4-6-8-11/h3*4-8,10H,9,14H2,1-3H3/t2*13-;/m10./s1. The summed E-state index contributed by atoms with van der Waals surface area (Å²) in [6.07, 6.45) is 1.72. The predicted molar refractivity (Wildman–Crippen MR) is 191 cm³/mol. The minimum Gasteiger partial charge on any atom is -0.467 e. The highest BCUT2D eigenvalue weighted by Crippen LogP contribution is 2.29. The summed E-state index contributed by atoms with van der Waals surface area (Å²) in [5, 5.41) is 0. The van der Waals surface area contributed by atoms with Gasteiger partial charge < -0.3 is 31.4 Å². The zero-order chi connectivity index (χ0) is 36.5. The second kappa shape index (κ2) is 19.7. The van der Waals surface area contributed by atoms with E-state index in [1.165, 1.54) is 21.3 Å². The number of benzene rings is 3. The first-order valence-electron chi connectivity index (χ1n) is 16.3. The molecule has 0 fully saturated rings. The molecule has 3 rings (SSSR count). The normalized spacial score (nSPS) is 14.6. The highest BCUT2D eigenvalue weighted by atomic mass is 16.5. The number of hydrogen-bond donors (Lipinski definition) is 3. The van der Waals surface area contributed by atoms with Crippen LogP contribution in [0.5, 0.6) is 0 Å². The molecule has 0 bridgehead atoms. The van der Waals surface area contributed by atoms with E-state index in [0.29, 0.717) is 37.0 Å². The fraction of sp³-hybridized carbons (Fsp3) is 0.462. The molecule has 9 heteroatoms. The molecule has 264 valence electrons. The van der Waals surface area contributed by atoms with Crippen molar-refractivity contribution in [1.82, 2.24) is 0 Å². The highest BCUT2D eigenvalue weighted by Gasteiger charge is 2.39. The van der Waals surface area contributed by atoms with Crippen molar-refractivity contribution in [2.24, 2.45) is 35.0 Å². The second-order valence-electron chi connectivity index (χ2n) is 13.3. The van der Waals surface area contributed by atoms with Gasteiger partial charge in [-0.2, -0.15) is 0 Å². The summed E-state index contributed by atoms with van der Waals surface area (Å²) >= 11 is 0. The molecule has 3 aromatic rings. The number of rotatable bonds is 12. The summed E-state index contributed by atoms with van der Waals surface area (Å²) < 4.78 is 14.4. The molecule has 1 unspecified atom stereocenters. The van der Waals surface area contributed by atoms with Gasteiger partial charge in [0.15, 0.2) is 0 Å². The van der Waals surface area contributed by atoms with Gasteiger partial charge in [0.2, 0.25) is 0 Å². The quantitative estimate of drug-likeness (QED) is 0.152. The van der Waals surface area contributed by atoms with Gasteiger partial charge in [-0.25, -0.2) is 14.4 Å². The van der Waals surface area contributed by atoms with Crippen LogP contribution in [0.1, 0.15) is 77.5 Å². The van der Waals surface area contributed by atoms with Crippen molar-refractivity contribution in [3.63, 3.8) is 0 Å². The number of ether oxygens (including phenoxy) is 3. The molecule has 0 aliphatic rings. The van der Waals surface area contributed by atoms with E-state index in [0.717, 1.165) is 16.7 Å². The Hall–Kier alpha value is -4.05. The predicted octanol–water partition coefficient (Wildman–Crippen LogP) is 6.18. The minimum absolute atomic E-state index is 0.323. The number of methoxy groups -OCH3 is 3. The van der Waals surface area contributed by atoms with Crippen LogP contribution < -0.4 is 17.2 Å². The zero-order valence-corrected chi connectivity index (χ0v) is 30.2. The lowest BCUT2D eigenvalue weighted by molar-refractivity contribution is -0.149. The van der Waals surface area contributed by atoms with Gasteiger partial charge in [-0.05, 0) is 53.7 Å². The first-order valence-corrected chi connectivity index (χ1v) is 16.3. The Morgan fingerprint density at radius 2 is 0.646 bits per heavy atom. The van der Waals surface area contributed by atoms with Gasteiger partial charge in [-0.1, -0.05) is 133 Å². The van der Waals surface area contributed by atoms with Gasteiger partial charge in [0.25, 0.3) is 0 Å². The molecular formula is C39H57N3O6. The van der Waals surface area contributed by atoms with E-state index in [4.69, 9.17) is 31.4 Å². The first kappa shape index (κ1) is 42.0. The number of carbonyl (C=O) groups is 3. The summed E-state index contributed by atoms with van der Waals surface area (Å²) in [5.41, 5.74) is 17.9. The molecule has 0 saturated carbocycles. The number of hydrogen-bond acceptors (Lipinski definition) is 9. The molecule has 0 aromatic heterocycles. The van der Waals surface area contributed by atoms with Crippen molar-refractivity contribution in [3.8, 4) is 0 Å². The molecular weight excluding hydrogens is 606 g/mol. The summed E-state index contributed by atoms with van der Waals surface area (Å²) in [5.74, 6) is -0.176. The molecule has 0 spiro atoms. The lowest BCUT2D eigenvalue weighted by atomic mass is 9.83. The summed E-state index contributed by atoms with van der Waals surface area (Å²) in [7, 11) is 4.10. The molecule has 3 aromatic carbocycles. The van der Waals surface area contributed by atoms with Gasteiger partial charge in [-0.3, -0.25) is 0 Å². The third-order valence-electron chi connectivity index (χ3n) is 7.71. The average molecular weight is 664 g/mol. The fourth-order valence-corrected chi connectivity index (χ4v) is 5.64. The van der Waals surface area contributed by atoms with Crippen LogP contribution in [0, 0.1) is 17.8 Å². The molecule has 6 N–H and O–H groups in total. The lowest BCUT2D eigenvalue weighted by Crippen LogP contribution is -2.46. The smallest absolute Gasteiger partial charge is 0.330 e. The maximum Gasteiger partial charge on any atom is 0.330 e. The largest absolute Gasteiger partial charge is 0.467 e. The number of nitrogens with two attached hydrogens (primary N) is 3. The molecule has 3 atom stereocenters. The van der Waals surface area contributed by atoms with E-state index >= 15 is 0 Å². The number of carbonyl (C=O) groups excluding carboxylic acids is 3. The van der Waals surface area contributed by atoms with Crippen molar-refractivity contribution >= 4 is 17.9 Å². The molecule has 0 heterocycles. The third-order valence-corrected chi connectivity index (χ3v) is 7.71. The topological polar surface area (TPSA) is 157 Å². The molecule has 0 amide bonds. The summed E-state index contributed by atoms with van der Waals surface area (Å²) in [6, 6.07) is 28.1. The van der Waals surface area contributed by atoms with Crippen LogP contribution in [0.15, 0.2) is 91.0 Å². The molecule has 0 aliphatic carbocycles. The van der Waals surface area contributed by atoms with Gasteiger partial charge in [0, 0.05) is 0 Å². The second-order valence-corrected chi connectivity index (χ2v) is 13.3. The van der Waals surface area contributed by atoms with E-state index in [9.17, 15) is 14.4 Å². The molecule has 0 aliphatic heterocycles. The van der Waals surface area contributed by atoms with Gasteiger partial charge >= 0.3 is 17.9 Å². The van der Waals surface area contributed by atoms with Crippen LogP contribution in [0.4, 0.5) is 0 Å². The van der Waals surface area contributed by atoms with Crippen LogP contribution in [-0.4, -0.2) is 39.2 Å². The van der Waals surface area contributed by atoms with E-state index in [-0.39, 0.29) is 17.9 Å². The van der Waals surface area contributed by atoms with Crippen molar-refractivity contribution in [2.75, 3.05) is 21.3 Å². The van der Waals surface area contributed by atoms with Crippen LogP contribution in [0.3, 0.4) is 0 Å². The van der Waals surface area contributed by atoms with Crippen LogP contribution >= 0.6 is 0 Å². The summed E-state index contributed by atoms with van der Waals surface area (Å²) in [4.78, 5) is 35.5. The minimum atomic E-state index is -1.04. The molecule has 9 nitrogen and oxygen atoms in total. The van der Waals surface area contributed by atoms with Crippen molar-refractivity contribution in [1.29, 1.82) is 0 Å². The van der Waals surface area contributed by atoms with Crippen LogP contribution in [0.25, 0.3) is 0 Å².